The predicted octanol–water partition coefficient (Wildman–Crippen LogP) is 5.34. The lowest BCUT2D eigenvalue weighted by atomic mass is 9.74. The first-order valence-corrected chi connectivity index (χ1v) is 12.7. The highest BCUT2D eigenvalue weighted by atomic mass is 16.5. The van der Waals surface area contributed by atoms with Crippen molar-refractivity contribution in [1.82, 2.24) is 4.90 Å². The molecule has 1 fully saturated rings. The minimum Gasteiger partial charge on any atom is -0.497 e. The molecule has 3 aromatic carbocycles. The average molecular weight is 483 g/mol. The summed E-state index contributed by atoms with van der Waals surface area (Å²) in [6.07, 6.45) is 6.88. The number of hydrogen-bond donors (Lipinski definition) is 0. The Hall–Kier alpha value is -3.57. The molecular formula is C31H34N2O3. The van der Waals surface area contributed by atoms with Gasteiger partial charge in [-0.1, -0.05) is 54.6 Å². The summed E-state index contributed by atoms with van der Waals surface area (Å²) < 4.78 is 10.8. The SMILES string of the molecule is COc1ccc(CC(=O)N2CC3(CCN(CC=Cc4ccccc4)CC3)c3cc(OC)ccc32)cc1. The molecule has 2 heterocycles. The monoisotopic (exact) mass is 482 g/mol. The Morgan fingerprint density at radius 2 is 1.61 bits per heavy atom. The lowest BCUT2D eigenvalue weighted by molar-refractivity contribution is -0.118. The van der Waals surface area contributed by atoms with Crippen LogP contribution in [-0.4, -0.2) is 51.2 Å². The van der Waals surface area contributed by atoms with Gasteiger partial charge in [0.05, 0.1) is 20.6 Å². The van der Waals surface area contributed by atoms with Crippen LogP contribution in [0.3, 0.4) is 0 Å². The van der Waals surface area contributed by atoms with Crippen LogP contribution < -0.4 is 14.4 Å². The molecular weight excluding hydrogens is 448 g/mol. The number of nitrogens with zero attached hydrogens (tertiary/aromatic N) is 2. The van der Waals surface area contributed by atoms with Gasteiger partial charge in [-0.3, -0.25) is 9.69 Å². The van der Waals surface area contributed by atoms with E-state index in [4.69, 9.17) is 9.47 Å². The number of ether oxygens (including phenoxy) is 2. The van der Waals surface area contributed by atoms with Gasteiger partial charge in [0.15, 0.2) is 0 Å². The highest BCUT2D eigenvalue weighted by molar-refractivity contribution is 5.97. The summed E-state index contributed by atoms with van der Waals surface area (Å²) in [5, 5.41) is 0. The van der Waals surface area contributed by atoms with Crippen molar-refractivity contribution in [3.8, 4) is 11.5 Å². The highest BCUT2D eigenvalue weighted by Crippen LogP contribution is 2.48. The fourth-order valence-electron chi connectivity index (χ4n) is 5.50. The van der Waals surface area contributed by atoms with Crippen molar-refractivity contribution in [2.75, 3.05) is 45.3 Å². The van der Waals surface area contributed by atoms with Crippen molar-refractivity contribution in [3.05, 3.63) is 95.6 Å². The quantitative estimate of drug-likeness (QED) is 0.456. The van der Waals surface area contributed by atoms with Crippen molar-refractivity contribution in [3.63, 3.8) is 0 Å². The summed E-state index contributed by atoms with van der Waals surface area (Å²) in [6.45, 7) is 3.70. The number of piperidine rings is 1. The van der Waals surface area contributed by atoms with Gasteiger partial charge < -0.3 is 14.4 Å². The number of likely N-dealkylation sites (tertiary alicyclic amines) is 1. The van der Waals surface area contributed by atoms with Crippen molar-refractivity contribution in [1.29, 1.82) is 0 Å². The molecule has 0 saturated carbocycles. The summed E-state index contributed by atoms with van der Waals surface area (Å²) in [4.78, 5) is 18.0. The smallest absolute Gasteiger partial charge is 0.231 e. The number of benzene rings is 3. The Kier molecular flexibility index (Phi) is 7.10. The molecule has 2 aliphatic rings. The molecule has 36 heavy (non-hydrogen) atoms. The lowest BCUT2D eigenvalue weighted by Gasteiger charge is -2.39. The standard InChI is InChI=1S/C31H34N2O3/c1-35-26-12-10-25(11-13-26)21-30(34)33-23-31(28-22-27(36-2)14-15-29(28)33)16-19-32(20-17-31)18-6-9-24-7-4-3-5-8-24/h3-15,22H,16-21,23H2,1-2H3. The maximum absolute atomic E-state index is 13.5. The minimum atomic E-state index is -0.0287. The third-order valence-corrected chi connectivity index (χ3v) is 7.63. The molecule has 2 aliphatic heterocycles. The molecule has 0 N–H and O–H groups in total. The second-order valence-electron chi connectivity index (χ2n) is 9.78. The zero-order valence-corrected chi connectivity index (χ0v) is 21.2. The molecule has 5 nitrogen and oxygen atoms in total. The molecule has 0 unspecified atom stereocenters. The van der Waals surface area contributed by atoms with Crippen LogP contribution in [0, 0.1) is 0 Å². The van der Waals surface area contributed by atoms with Crippen LogP contribution in [0.5, 0.6) is 11.5 Å². The van der Waals surface area contributed by atoms with E-state index < -0.39 is 0 Å². The van der Waals surface area contributed by atoms with Gasteiger partial charge in [-0.15, -0.1) is 0 Å². The topological polar surface area (TPSA) is 42.0 Å². The molecule has 0 radical (unpaired) electrons. The molecule has 5 heteroatoms. The summed E-state index contributed by atoms with van der Waals surface area (Å²) in [6, 6.07) is 24.4. The van der Waals surface area contributed by atoms with E-state index in [9.17, 15) is 4.79 Å². The van der Waals surface area contributed by atoms with Crippen LogP contribution in [0.4, 0.5) is 5.69 Å². The number of fused-ring (bicyclic) bond motifs is 2. The molecule has 0 atom stereocenters. The zero-order valence-electron chi connectivity index (χ0n) is 21.2. The number of methoxy groups -OCH3 is 2. The van der Waals surface area contributed by atoms with Crippen LogP contribution in [-0.2, 0) is 16.6 Å². The van der Waals surface area contributed by atoms with Crippen molar-refractivity contribution < 1.29 is 14.3 Å². The van der Waals surface area contributed by atoms with E-state index >= 15 is 0 Å². The number of anilines is 1. The van der Waals surface area contributed by atoms with Crippen LogP contribution >= 0.6 is 0 Å². The first-order chi connectivity index (χ1) is 17.6. The molecule has 1 amide bonds. The van der Waals surface area contributed by atoms with Crippen molar-refractivity contribution >= 4 is 17.7 Å². The van der Waals surface area contributed by atoms with Crippen LogP contribution in [0.25, 0.3) is 6.08 Å². The van der Waals surface area contributed by atoms with Gasteiger partial charge in [-0.25, -0.2) is 0 Å². The first-order valence-electron chi connectivity index (χ1n) is 12.7. The molecule has 1 spiro atoms. The number of hydrogen-bond acceptors (Lipinski definition) is 4. The predicted molar refractivity (Wildman–Crippen MR) is 145 cm³/mol. The number of carbonyl (C=O) groups is 1. The Bertz CT molecular complexity index is 1210. The normalized spacial score (nSPS) is 16.9. The maximum Gasteiger partial charge on any atom is 0.231 e. The van der Waals surface area contributed by atoms with Gasteiger partial charge in [0.1, 0.15) is 11.5 Å². The van der Waals surface area contributed by atoms with Gasteiger partial charge in [-0.05, 0) is 73.0 Å². The van der Waals surface area contributed by atoms with E-state index in [0.29, 0.717) is 6.42 Å². The fraction of sp³-hybridized carbons (Fsp3) is 0.323. The summed E-state index contributed by atoms with van der Waals surface area (Å²) in [5.74, 6) is 1.79. The van der Waals surface area contributed by atoms with E-state index in [1.807, 2.05) is 41.3 Å². The zero-order chi connectivity index (χ0) is 25.0. The second kappa shape index (κ2) is 10.6. The molecule has 0 bridgehead atoms. The van der Waals surface area contributed by atoms with E-state index in [-0.39, 0.29) is 11.3 Å². The van der Waals surface area contributed by atoms with E-state index in [1.165, 1.54) is 11.1 Å². The lowest BCUT2D eigenvalue weighted by Crippen LogP contribution is -2.46. The van der Waals surface area contributed by atoms with E-state index in [1.54, 1.807) is 14.2 Å². The number of carbonyl (C=O) groups excluding carboxylic acids is 1. The average Bonchev–Trinajstić information content (AvgIpc) is 3.24. The maximum atomic E-state index is 13.5. The molecule has 5 rings (SSSR count). The Balaban J connectivity index is 1.30. The third-order valence-electron chi connectivity index (χ3n) is 7.63. The third kappa shape index (κ3) is 5.02. The van der Waals surface area contributed by atoms with Gasteiger partial charge >= 0.3 is 0 Å². The Morgan fingerprint density at radius 3 is 2.31 bits per heavy atom. The van der Waals surface area contributed by atoms with Gasteiger partial charge in [0.25, 0.3) is 0 Å². The number of rotatable bonds is 7. The van der Waals surface area contributed by atoms with Crippen LogP contribution in [0.1, 0.15) is 29.5 Å². The van der Waals surface area contributed by atoms with Crippen molar-refractivity contribution in [2.45, 2.75) is 24.7 Å². The van der Waals surface area contributed by atoms with E-state index in [2.05, 4.69) is 53.5 Å². The summed E-state index contributed by atoms with van der Waals surface area (Å²) in [7, 11) is 3.36. The van der Waals surface area contributed by atoms with Gasteiger partial charge in [-0.2, -0.15) is 0 Å². The van der Waals surface area contributed by atoms with E-state index in [0.717, 1.165) is 61.8 Å². The Morgan fingerprint density at radius 1 is 0.917 bits per heavy atom. The van der Waals surface area contributed by atoms with Crippen LogP contribution in [0.15, 0.2) is 78.9 Å². The molecule has 0 aromatic heterocycles. The van der Waals surface area contributed by atoms with Gasteiger partial charge in [0.2, 0.25) is 5.91 Å². The molecule has 186 valence electrons. The minimum absolute atomic E-state index is 0.0287. The van der Waals surface area contributed by atoms with Gasteiger partial charge in [0, 0.05) is 24.2 Å². The molecule has 1 saturated heterocycles. The number of amides is 1. The second-order valence-corrected chi connectivity index (χ2v) is 9.78. The summed E-state index contributed by atoms with van der Waals surface area (Å²) >= 11 is 0. The largest absolute Gasteiger partial charge is 0.497 e. The molecule has 3 aromatic rings. The Labute approximate surface area is 213 Å². The van der Waals surface area contributed by atoms with Crippen LogP contribution in [0.2, 0.25) is 0 Å². The fourth-order valence-corrected chi connectivity index (χ4v) is 5.50. The molecule has 0 aliphatic carbocycles. The highest BCUT2D eigenvalue weighted by Gasteiger charge is 2.46. The summed E-state index contributed by atoms with van der Waals surface area (Å²) in [5.41, 5.74) is 4.49. The first kappa shape index (κ1) is 24.1. The van der Waals surface area contributed by atoms with Crippen molar-refractivity contribution in [2.24, 2.45) is 0 Å².